The van der Waals surface area contributed by atoms with E-state index in [1.54, 1.807) is 6.33 Å². The maximum Gasteiger partial charge on any atom is 0.138 e. The lowest BCUT2D eigenvalue weighted by molar-refractivity contribution is 0.356. The third-order valence-corrected chi connectivity index (χ3v) is 4.15. The Balaban J connectivity index is 1.39. The van der Waals surface area contributed by atoms with Gasteiger partial charge in [-0.25, -0.2) is 9.67 Å². The summed E-state index contributed by atoms with van der Waals surface area (Å²) in [6, 6.07) is 6.99. The first kappa shape index (κ1) is 11.9. The number of hydrogen-bond acceptors (Lipinski definition) is 4. The van der Waals surface area contributed by atoms with E-state index in [1.807, 2.05) is 4.68 Å². The van der Waals surface area contributed by atoms with Crippen molar-refractivity contribution in [3.8, 4) is 5.75 Å². The van der Waals surface area contributed by atoms with Gasteiger partial charge in [-0.2, -0.15) is 5.10 Å². The molecule has 0 spiro atoms. The first-order valence-electron chi connectivity index (χ1n) is 7.23. The van der Waals surface area contributed by atoms with Gasteiger partial charge < -0.3 is 10.1 Å². The molecule has 0 aliphatic carbocycles. The zero-order chi connectivity index (χ0) is 13.4. The van der Waals surface area contributed by atoms with Gasteiger partial charge in [0.25, 0.3) is 0 Å². The molecule has 20 heavy (non-hydrogen) atoms. The van der Waals surface area contributed by atoms with E-state index >= 15 is 0 Å². The highest BCUT2D eigenvalue weighted by atomic mass is 16.5. The maximum atomic E-state index is 5.54. The first-order chi connectivity index (χ1) is 9.88. The van der Waals surface area contributed by atoms with Gasteiger partial charge in [0.05, 0.1) is 13.2 Å². The van der Waals surface area contributed by atoms with Crippen LogP contribution in [0.4, 0.5) is 0 Å². The fourth-order valence-electron chi connectivity index (χ4n) is 3.02. The molecule has 4 rings (SSSR count). The second-order valence-corrected chi connectivity index (χ2v) is 5.52. The molecule has 0 saturated carbocycles. The number of ether oxygens (including phenoxy) is 1. The summed E-state index contributed by atoms with van der Waals surface area (Å²) in [7, 11) is 0. The van der Waals surface area contributed by atoms with Gasteiger partial charge >= 0.3 is 0 Å². The van der Waals surface area contributed by atoms with Gasteiger partial charge in [-0.3, -0.25) is 0 Å². The topological polar surface area (TPSA) is 52.0 Å². The second-order valence-electron chi connectivity index (χ2n) is 5.52. The predicted molar refractivity (Wildman–Crippen MR) is 74.6 cm³/mol. The van der Waals surface area contributed by atoms with E-state index in [1.165, 1.54) is 11.1 Å². The average Bonchev–Trinajstić information content (AvgIpc) is 3.12. The SMILES string of the molecule is c1nc2n(n1)CC(NCc1ccc3c(c1)CCO3)CC2. The fourth-order valence-corrected chi connectivity index (χ4v) is 3.02. The Kier molecular flexibility index (Phi) is 2.92. The maximum absolute atomic E-state index is 5.54. The summed E-state index contributed by atoms with van der Waals surface area (Å²) in [5, 5.41) is 7.89. The Hall–Kier alpha value is -1.88. The Morgan fingerprint density at radius 2 is 2.35 bits per heavy atom. The molecule has 2 aromatic rings. The van der Waals surface area contributed by atoms with Crippen molar-refractivity contribution in [2.75, 3.05) is 6.61 Å². The summed E-state index contributed by atoms with van der Waals surface area (Å²) in [6.45, 7) is 2.65. The Morgan fingerprint density at radius 3 is 3.35 bits per heavy atom. The summed E-state index contributed by atoms with van der Waals surface area (Å²) in [6.07, 6.45) is 4.83. The zero-order valence-electron chi connectivity index (χ0n) is 11.4. The van der Waals surface area contributed by atoms with E-state index in [4.69, 9.17) is 4.74 Å². The summed E-state index contributed by atoms with van der Waals surface area (Å²) >= 11 is 0. The quantitative estimate of drug-likeness (QED) is 0.914. The number of nitrogens with zero attached hydrogens (tertiary/aromatic N) is 3. The summed E-state index contributed by atoms with van der Waals surface area (Å²) in [4.78, 5) is 4.26. The highest BCUT2D eigenvalue weighted by Crippen LogP contribution is 2.25. The molecule has 2 aliphatic rings. The first-order valence-corrected chi connectivity index (χ1v) is 7.23. The van der Waals surface area contributed by atoms with Crippen molar-refractivity contribution < 1.29 is 4.74 Å². The molecule has 1 aromatic heterocycles. The molecule has 0 fully saturated rings. The van der Waals surface area contributed by atoms with Crippen LogP contribution >= 0.6 is 0 Å². The normalized spacial score (nSPS) is 20.3. The molecule has 1 atom stereocenters. The van der Waals surface area contributed by atoms with E-state index < -0.39 is 0 Å². The molecule has 2 aliphatic heterocycles. The van der Waals surface area contributed by atoms with Gasteiger partial charge in [-0.15, -0.1) is 0 Å². The van der Waals surface area contributed by atoms with Crippen LogP contribution in [0.3, 0.4) is 0 Å². The van der Waals surface area contributed by atoms with Crippen molar-refractivity contribution in [2.24, 2.45) is 0 Å². The second kappa shape index (κ2) is 4.90. The van der Waals surface area contributed by atoms with Crippen molar-refractivity contribution >= 4 is 0 Å². The number of fused-ring (bicyclic) bond motifs is 2. The monoisotopic (exact) mass is 270 g/mol. The molecule has 1 unspecified atom stereocenters. The van der Waals surface area contributed by atoms with Gasteiger partial charge in [0.2, 0.25) is 0 Å². The van der Waals surface area contributed by atoms with Crippen LogP contribution in [0.15, 0.2) is 24.5 Å². The molecule has 0 amide bonds. The van der Waals surface area contributed by atoms with Crippen LogP contribution in [-0.2, 0) is 25.9 Å². The molecule has 5 nitrogen and oxygen atoms in total. The molecule has 3 heterocycles. The molecular weight excluding hydrogens is 252 g/mol. The number of aromatic nitrogens is 3. The summed E-state index contributed by atoms with van der Waals surface area (Å²) in [5.74, 6) is 2.16. The molecule has 0 saturated heterocycles. The smallest absolute Gasteiger partial charge is 0.138 e. The molecule has 5 heteroatoms. The third-order valence-electron chi connectivity index (χ3n) is 4.15. The minimum absolute atomic E-state index is 0.480. The molecule has 104 valence electrons. The van der Waals surface area contributed by atoms with Crippen LogP contribution in [0.5, 0.6) is 5.75 Å². The van der Waals surface area contributed by atoms with Crippen LogP contribution < -0.4 is 10.1 Å². The Labute approximate surface area is 118 Å². The number of rotatable bonds is 3. The van der Waals surface area contributed by atoms with Crippen molar-refractivity contribution in [2.45, 2.75) is 38.4 Å². The van der Waals surface area contributed by atoms with Crippen LogP contribution in [0.25, 0.3) is 0 Å². The molecule has 0 bridgehead atoms. The molecular formula is C15H18N4O. The van der Waals surface area contributed by atoms with Crippen LogP contribution in [0.1, 0.15) is 23.4 Å². The van der Waals surface area contributed by atoms with E-state index in [0.717, 1.165) is 50.5 Å². The summed E-state index contributed by atoms with van der Waals surface area (Å²) in [5.41, 5.74) is 2.67. The van der Waals surface area contributed by atoms with E-state index in [9.17, 15) is 0 Å². The largest absolute Gasteiger partial charge is 0.493 e. The predicted octanol–water partition coefficient (Wildman–Crippen LogP) is 1.32. The minimum Gasteiger partial charge on any atom is -0.493 e. The van der Waals surface area contributed by atoms with Gasteiger partial charge in [0.1, 0.15) is 17.9 Å². The zero-order valence-corrected chi connectivity index (χ0v) is 11.4. The lowest BCUT2D eigenvalue weighted by Crippen LogP contribution is -2.37. The lowest BCUT2D eigenvalue weighted by atomic mass is 10.1. The van der Waals surface area contributed by atoms with Gasteiger partial charge in [0.15, 0.2) is 0 Å². The van der Waals surface area contributed by atoms with Crippen LogP contribution in [0, 0.1) is 0 Å². The lowest BCUT2D eigenvalue weighted by Gasteiger charge is -2.23. The van der Waals surface area contributed by atoms with E-state index in [2.05, 4.69) is 33.6 Å². The van der Waals surface area contributed by atoms with Gasteiger partial charge in [-0.1, -0.05) is 12.1 Å². The highest BCUT2D eigenvalue weighted by molar-refractivity contribution is 5.39. The van der Waals surface area contributed by atoms with E-state index in [-0.39, 0.29) is 0 Å². The number of nitrogens with one attached hydrogen (secondary N) is 1. The molecule has 1 aromatic carbocycles. The standard InChI is InChI=1S/C15H18N4O/c1-3-14-12(5-6-20-14)7-11(1)8-16-13-2-4-15-17-10-18-19(15)9-13/h1,3,7,10,13,16H,2,4-6,8-9H2. The van der Waals surface area contributed by atoms with Gasteiger partial charge in [-0.05, 0) is 23.6 Å². The third kappa shape index (κ3) is 2.18. The Morgan fingerprint density at radius 1 is 1.35 bits per heavy atom. The number of aryl methyl sites for hydroxylation is 1. The average molecular weight is 270 g/mol. The fraction of sp³-hybridized carbons (Fsp3) is 0.467. The highest BCUT2D eigenvalue weighted by Gasteiger charge is 2.19. The van der Waals surface area contributed by atoms with Crippen LogP contribution in [0.2, 0.25) is 0 Å². The van der Waals surface area contributed by atoms with Crippen LogP contribution in [-0.4, -0.2) is 27.4 Å². The molecule has 1 N–H and O–H groups in total. The number of hydrogen-bond donors (Lipinski definition) is 1. The number of benzene rings is 1. The van der Waals surface area contributed by atoms with Crippen molar-refractivity contribution in [1.29, 1.82) is 0 Å². The Bertz CT molecular complexity index is 622. The summed E-state index contributed by atoms with van der Waals surface area (Å²) < 4.78 is 7.55. The minimum atomic E-state index is 0.480. The van der Waals surface area contributed by atoms with E-state index in [0.29, 0.717) is 6.04 Å². The van der Waals surface area contributed by atoms with Crippen molar-refractivity contribution in [3.63, 3.8) is 0 Å². The van der Waals surface area contributed by atoms with Crippen molar-refractivity contribution in [3.05, 3.63) is 41.5 Å². The van der Waals surface area contributed by atoms with Gasteiger partial charge in [0, 0.05) is 25.4 Å². The molecule has 0 radical (unpaired) electrons. The van der Waals surface area contributed by atoms with Crippen molar-refractivity contribution in [1.82, 2.24) is 20.1 Å².